The maximum absolute atomic E-state index is 13.8. The second-order valence-electron chi connectivity index (χ2n) is 6.45. The molecule has 1 saturated heterocycles. The van der Waals surface area contributed by atoms with E-state index in [0.717, 1.165) is 18.6 Å². The van der Waals surface area contributed by atoms with E-state index in [2.05, 4.69) is 0 Å². The molecule has 0 aromatic heterocycles. The Kier molecular flexibility index (Phi) is 4.54. The van der Waals surface area contributed by atoms with Gasteiger partial charge < -0.3 is 14.9 Å². The Morgan fingerprint density at radius 1 is 1.00 bits per heavy atom. The van der Waals surface area contributed by atoms with Crippen LogP contribution in [0.15, 0.2) is 18.2 Å². The normalized spacial score (nSPS) is 20.3. The SMILES string of the molecule is O=C(c1ccc(F)cc1F)N1CCCN(C(=O)C2(O)CCC2)CC1. The highest BCUT2D eigenvalue weighted by molar-refractivity contribution is 5.94. The summed E-state index contributed by atoms with van der Waals surface area (Å²) in [6.07, 6.45) is 2.35. The van der Waals surface area contributed by atoms with Crippen LogP contribution < -0.4 is 0 Å². The van der Waals surface area contributed by atoms with Crippen LogP contribution in [-0.4, -0.2) is 58.5 Å². The van der Waals surface area contributed by atoms with Gasteiger partial charge in [-0.1, -0.05) is 0 Å². The Hall–Kier alpha value is -2.02. The Morgan fingerprint density at radius 3 is 2.29 bits per heavy atom. The van der Waals surface area contributed by atoms with Crippen molar-refractivity contribution >= 4 is 11.8 Å². The van der Waals surface area contributed by atoms with Crippen LogP contribution in [0.1, 0.15) is 36.0 Å². The number of amides is 2. The number of nitrogens with zero attached hydrogens (tertiary/aromatic N) is 2. The smallest absolute Gasteiger partial charge is 0.256 e. The number of rotatable bonds is 2. The van der Waals surface area contributed by atoms with Crippen LogP contribution in [0, 0.1) is 11.6 Å². The van der Waals surface area contributed by atoms with E-state index in [1.807, 2.05) is 0 Å². The molecule has 2 amide bonds. The van der Waals surface area contributed by atoms with Gasteiger partial charge in [0.15, 0.2) is 0 Å². The first-order chi connectivity index (χ1) is 11.4. The number of carbonyl (C=O) groups excluding carboxylic acids is 2. The minimum Gasteiger partial charge on any atom is -0.380 e. The predicted octanol–water partition coefficient (Wildman–Crippen LogP) is 1.55. The van der Waals surface area contributed by atoms with E-state index < -0.39 is 23.1 Å². The standard InChI is InChI=1S/C17H20F2N2O3/c18-12-3-4-13(14(19)11-12)15(22)20-7-2-8-21(10-9-20)16(23)17(24)5-1-6-17/h3-4,11,24H,1-2,5-10H2. The fraction of sp³-hybridized carbons (Fsp3) is 0.529. The van der Waals surface area contributed by atoms with Crippen LogP contribution in [0.2, 0.25) is 0 Å². The van der Waals surface area contributed by atoms with E-state index in [4.69, 9.17) is 0 Å². The summed E-state index contributed by atoms with van der Waals surface area (Å²) in [4.78, 5) is 27.8. The van der Waals surface area contributed by atoms with E-state index in [1.54, 1.807) is 4.90 Å². The number of carbonyl (C=O) groups is 2. The quantitative estimate of drug-likeness (QED) is 0.890. The molecule has 24 heavy (non-hydrogen) atoms. The van der Waals surface area contributed by atoms with Gasteiger partial charge in [-0.15, -0.1) is 0 Å². The zero-order valence-corrected chi connectivity index (χ0v) is 13.3. The Morgan fingerprint density at radius 2 is 1.67 bits per heavy atom. The molecule has 0 spiro atoms. The molecule has 0 radical (unpaired) electrons. The second kappa shape index (κ2) is 6.47. The van der Waals surface area contributed by atoms with Crippen molar-refractivity contribution in [1.29, 1.82) is 0 Å². The first kappa shape index (κ1) is 16.8. The van der Waals surface area contributed by atoms with Gasteiger partial charge in [0.2, 0.25) is 0 Å². The minimum absolute atomic E-state index is 0.172. The lowest BCUT2D eigenvalue weighted by Crippen LogP contribution is -2.54. The Labute approximate surface area is 138 Å². The molecular formula is C17H20F2N2O3. The first-order valence-corrected chi connectivity index (χ1v) is 8.17. The molecule has 130 valence electrons. The van der Waals surface area contributed by atoms with E-state index >= 15 is 0 Å². The number of hydrogen-bond acceptors (Lipinski definition) is 3. The van der Waals surface area contributed by atoms with Gasteiger partial charge in [-0.2, -0.15) is 0 Å². The molecule has 1 aromatic carbocycles. The average molecular weight is 338 g/mol. The summed E-state index contributed by atoms with van der Waals surface area (Å²) in [7, 11) is 0. The molecule has 1 aliphatic carbocycles. The molecule has 0 bridgehead atoms. The zero-order valence-electron chi connectivity index (χ0n) is 13.3. The lowest BCUT2D eigenvalue weighted by Gasteiger charge is -2.38. The molecular weight excluding hydrogens is 318 g/mol. The molecule has 7 heteroatoms. The van der Waals surface area contributed by atoms with Crippen LogP contribution in [0.5, 0.6) is 0 Å². The van der Waals surface area contributed by atoms with Crippen LogP contribution in [0.3, 0.4) is 0 Å². The molecule has 1 aliphatic heterocycles. The van der Waals surface area contributed by atoms with E-state index in [9.17, 15) is 23.5 Å². The van der Waals surface area contributed by atoms with Crippen molar-refractivity contribution in [2.75, 3.05) is 26.2 Å². The molecule has 5 nitrogen and oxygen atoms in total. The lowest BCUT2D eigenvalue weighted by molar-refractivity contribution is -0.160. The molecule has 1 saturated carbocycles. The second-order valence-corrected chi connectivity index (χ2v) is 6.45. The molecule has 2 fully saturated rings. The topological polar surface area (TPSA) is 60.9 Å². The molecule has 2 aliphatic rings. The van der Waals surface area contributed by atoms with Crippen LogP contribution >= 0.6 is 0 Å². The molecule has 1 heterocycles. The highest BCUT2D eigenvalue weighted by atomic mass is 19.1. The highest BCUT2D eigenvalue weighted by Gasteiger charge is 2.44. The summed E-state index contributed by atoms with van der Waals surface area (Å²) in [5, 5.41) is 10.2. The van der Waals surface area contributed by atoms with Crippen LogP contribution in [-0.2, 0) is 4.79 Å². The number of benzene rings is 1. The number of hydrogen-bond donors (Lipinski definition) is 1. The maximum atomic E-state index is 13.8. The molecule has 1 N–H and O–H groups in total. The highest BCUT2D eigenvalue weighted by Crippen LogP contribution is 2.33. The first-order valence-electron chi connectivity index (χ1n) is 8.17. The van der Waals surface area contributed by atoms with Crippen molar-refractivity contribution in [2.45, 2.75) is 31.3 Å². The number of aliphatic hydroxyl groups is 1. The summed E-state index contributed by atoms with van der Waals surface area (Å²) in [5.41, 5.74) is -1.42. The fourth-order valence-electron chi connectivity index (χ4n) is 3.18. The van der Waals surface area contributed by atoms with Crippen molar-refractivity contribution in [3.63, 3.8) is 0 Å². The Bertz CT molecular complexity index is 661. The Balaban J connectivity index is 1.67. The zero-order chi connectivity index (χ0) is 17.3. The van der Waals surface area contributed by atoms with Gasteiger partial charge in [-0.25, -0.2) is 8.78 Å². The van der Waals surface area contributed by atoms with Crippen molar-refractivity contribution < 1.29 is 23.5 Å². The van der Waals surface area contributed by atoms with Gasteiger partial charge in [0.25, 0.3) is 11.8 Å². The van der Waals surface area contributed by atoms with Gasteiger partial charge in [-0.3, -0.25) is 9.59 Å². The van der Waals surface area contributed by atoms with Gasteiger partial charge in [0, 0.05) is 32.2 Å². The molecule has 0 unspecified atom stereocenters. The van der Waals surface area contributed by atoms with Gasteiger partial charge in [0.1, 0.15) is 17.2 Å². The maximum Gasteiger partial charge on any atom is 0.256 e. The molecule has 3 rings (SSSR count). The van der Waals surface area contributed by atoms with E-state index in [1.165, 1.54) is 4.90 Å². The van der Waals surface area contributed by atoms with Crippen LogP contribution in [0.4, 0.5) is 8.78 Å². The van der Waals surface area contributed by atoms with E-state index in [0.29, 0.717) is 45.0 Å². The fourth-order valence-corrected chi connectivity index (χ4v) is 3.18. The van der Waals surface area contributed by atoms with Gasteiger partial charge in [-0.05, 0) is 37.8 Å². The third-order valence-corrected chi connectivity index (χ3v) is 4.81. The summed E-state index contributed by atoms with van der Waals surface area (Å²) in [6, 6.07) is 2.88. The van der Waals surface area contributed by atoms with Crippen molar-refractivity contribution in [3.05, 3.63) is 35.4 Å². The summed E-state index contributed by atoms with van der Waals surface area (Å²) in [5.74, 6) is -2.41. The minimum atomic E-state index is -1.25. The monoisotopic (exact) mass is 338 g/mol. The van der Waals surface area contributed by atoms with Crippen molar-refractivity contribution in [3.8, 4) is 0 Å². The summed E-state index contributed by atoms with van der Waals surface area (Å²) >= 11 is 0. The largest absolute Gasteiger partial charge is 0.380 e. The van der Waals surface area contributed by atoms with Crippen molar-refractivity contribution in [2.24, 2.45) is 0 Å². The summed E-state index contributed by atoms with van der Waals surface area (Å²) < 4.78 is 26.8. The van der Waals surface area contributed by atoms with Crippen LogP contribution in [0.25, 0.3) is 0 Å². The van der Waals surface area contributed by atoms with Gasteiger partial charge in [0.05, 0.1) is 5.56 Å². The third-order valence-electron chi connectivity index (χ3n) is 4.81. The average Bonchev–Trinajstić information content (AvgIpc) is 2.77. The third kappa shape index (κ3) is 3.13. The van der Waals surface area contributed by atoms with Crippen molar-refractivity contribution in [1.82, 2.24) is 9.80 Å². The van der Waals surface area contributed by atoms with E-state index in [-0.39, 0.29) is 18.0 Å². The summed E-state index contributed by atoms with van der Waals surface area (Å²) in [6.45, 7) is 1.40. The van der Waals surface area contributed by atoms with Gasteiger partial charge >= 0.3 is 0 Å². The lowest BCUT2D eigenvalue weighted by atomic mass is 9.79. The molecule has 0 atom stereocenters. The predicted molar refractivity (Wildman–Crippen MR) is 82.3 cm³/mol. The number of halogens is 2. The molecule has 1 aromatic rings.